The second-order valence-corrected chi connectivity index (χ2v) is 9.56. The molecule has 0 spiro atoms. The third kappa shape index (κ3) is 5.51. The first-order valence-electron chi connectivity index (χ1n) is 10.6. The highest BCUT2D eigenvalue weighted by molar-refractivity contribution is 7.92. The number of rotatable bonds is 7. The zero-order valence-electron chi connectivity index (χ0n) is 17.3. The van der Waals surface area contributed by atoms with Gasteiger partial charge in [-0.05, 0) is 49.2 Å². The number of benzene rings is 2. The van der Waals surface area contributed by atoms with Crippen LogP contribution in [-0.2, 0) is 10.0 Å². The van der Waals surface area contributed by atoms with E-state index in [1.807, 2.05) is 0 Å². The lowest BCUT2D eigenvalue weighted by Gasteiger charge is -2.24. The molecule has 0 aliphatic heterocycles. The Morgan fingerprint density at radius 3 is 2.17 bits per heavy atom. The molecule has 0 atom stereocenters. The number of amides is 1. The molecule has 0 heterocycles. The lowest BCUT2D eigenvalue weighted by atomic mass is 9.96. The van der Waals surface area contributed by atoms with E-state index >= 15 is 0 Å². The summed E-state index contributed by atoms with van der Waals surface area (Å²) < 4.78 is 27.4. The van der Waals surface area contributed by atoms with Crippen molar-refractivity contribution in [2.45, 2.75) is 55.9 Å². The van der Waals surface area contributed by atoms with Crippen LogP contribution < -0.4 is 9.62 Å². The van der Waals surface area contributed by atoms with E-state index in [1.165, 1.54) is 23.6 Å². The molecule has 0 radical (unpaired) electrons. The first-order valence-corrected chi connectivity index (χ1v) is 12.1. The average molecular weight is 427 g/mol. The van der Waals surface area contributed by atoms with Crippen molar-refractivity contribution in [3.8, 4) is 0 Å². The first kappa shape index (κ1) is 22.1. The Labute approximate surface area is 179 Å². The van der Waals surface area contributed by atoms with Gasteiger partial charge in [-0.25, -0.2) is 8.42 Å². The van der Waals surface area contributed by atoms with Crippen molar-refractivity contribution in [3.63, 3.8) is 0 Å². The Morgan fingerprint density at radius 2 is 1.57 bits per heavy atom. The summed E-state index contributed by atoms with van der Waals surface area (Å²) in [6.45, 7) is 3.83. The molecule has 1 amide bonds. The number of carbonyl (C=O) groups excluding carboxylic acids is 1. The fourth-order valence-corrected chi connectivity index (χ4v) is 5.28. The van der Waals surface area contributed by atoms with E-state index in [4.69, 9.17) is 0 Å². The summed E-state index contributed by atoms with van der Waals surface area (Å²) in [5, 5.41) is 3.15. The fraction of sp³-hybridized carbons (Fsp3) is 0.375. The van der Waals surface area contributed by atoms with Crippen molar-refractivity contribution in [2.75, 3.05) is 10.8 Å². The predicted octanol–water partition coefficient (Wildman–Crippen LogP) is 4.91. The maximum atomic E-state index is 13.1. The Hall–Kier alpha value is -2.60. The van der Waals surface area contributed by atoms with Gasteiger partial charge >= 0.3 is 0 Å². The lowest BCUT2D eigenvalue weighted by molar-refractivity contribution is 0.0930. The monoisotopic (exact) mass is 426 g/mol. The Balaban J connectivity index is 1.75. The van der Waals surface area contributed by atoms with Gasteiger partial charge in [0.25, 0.3) is 15.9 Å². The van der Waals surface area contributed by atoms with Crippen molar-refractivity contribution >= 4 is 21.6 Å². The molecule has 1 N–H and O–H groups in total. The van der Waals surface area contributed by atoms with E-state index in [1.54, 1.807) is 60.7 Å². The first-order chi connectivity index (χ1) is 14.5. The molecule has 0 saturated heterocycles. The summed E-state index contributed by atoms with van der Waals surface area (Å²) in [5.41, 5.74) is 1.04. The molecule has 6 heteroatoms. The molecule has 30 heavy (non-hydrogen) atoms. The summed E-state index contributed by atoms with van der Waals surface area (Å²) in [4.78, 5) is 12.9. The molecule has 2 aromatic carbocycles. The van der Waals surface area contributed by atoms with E-state index < -0.39 is 10.0 Å². The van der Waals surface area contributed by atoms with E-state index in [9.17, 15) is 13.2 Å². The van der Waals surface area contributed by atoms with Crippen molar-refractivity contribution < 1.29 is 13.2 Å². The van der Waals surface area contributed by atoms with E-state index in [-0.39, 0.29) is 23.4 Å². The third-order valence-electron chi connectivity index (χ3n) is 5.48. The predicted molar refractivity (Wildman–Crippen MR) is 121 cm³/mol. The van der Waals surface area contributed by atoms with Crippen LogP contribution in [0.15, 0.2) is 72.1 Å². The van der Waals surface area contributed by atoms with Gasteiger partial charge < -0.3 is 5.32 Å². The van der Waals surface area contributed by atoms with Crippen LogP contribution in [-0.4, -0.2) is 26.9 Å². The molecule has 160 valence electrons. The molecule has 1 aliphatic rings. The second kappa shape index (κ2) is 10.4. The van der Waals surface area contributed by atoms with Crippen LogP contribution in [0.4, 0.5) is 5.69 Å². The quantitative estimate of drug-likeness (QED) is 0.640. The van der Waals surface area contributed by atoms with Crippen LogP contribution >= 0.6 is 0 Å². The van der Waals surface area contributed by atoms with Crippen LogP contribution in [0.25, 0.3) is 0 Å². The second-order valence-electron chi connectivity index (χ2n) is 7.70. The average Bonchev–Trinajstić information content (AvgIpc) is 2.74. The van der Waals surface area contributed by atoms with Gasteiger partial charge in [-0.15, -0.1) is 6.58 Å². The Kier molecular flexibility index (Phi) is 7.69. The van der Waals surface area contributed by atoms with Crippen molar-refractivity contribution in [3.05, 3.63) is 72.8 Å². The summed E-state index contributed by atoms with van der Waals surface area (Å²) in [6, 6.07) is 15.3. The topological polar surface area (TPSA) is 66.5 Å². The number of nitrogens with zero attached hydrogens (tertiary/aromatic N) is 1. The third-order valence-corrected chi connectivity index (χ3v) is 7.29. The number of sulfonamides is 1. The van der Waals surface area contributed by atoms with Gasteiger partial charge in [0, 0.05) is 11.6 Å². The molecule has 5 nitrogen and oxygen atoms in total. The van der Waals surface area contributed by atoms with Crippen LogP contribution in [0, 0.1) is 0 Å². The summed E-state index contributed by atoms with van der Waals surface area (Å²) in [6.07, 6.45) is 9.64. The number of nitrogens with one attached hydrogen (secondary N) is 1. The minimum absolute atomic E-state index is 0.103. The van der Waals surface area contributed by atoms with Crippen molar-refractivity contribution in [1.29, 1.82) is 0 Å². The van der Waals surface area contributed by atoms with Gasteiger partial charge in [-0.1, -0.05) is 56.4 Å². The standard InChI is InChI=1S/C24H30N2O3S/c1-2-19-26(30(28,29)23-13-9-6-10-14-23)22-17-15-20(16-18-22)24(27)25-21-11-7-4-3-5-8-12-21/h2,6,9-10,13-18,21H,1,3-5,7-8,11-12,19H2,(H,25,27). The van der Waals surface area contributed by atoms with Gasteiger partial charge in [-0.3, -0.25) is 9.10 Å². The molecule has 2 aromatic rings. The summed E-state index contributed by atoms with van der Waals surface area (Å²) in [7, 11) is -3.72. The summed E-state index contributed by atoms with van der Waals surface area (Å²) >= 11 is 0. The van der Waals surface area contributed by atoms with Crippen LogP contribution in [0.2, 0.25) is 0 Å². The zero-order valence-corrected chi connectivity index (χ0v) is 18.1. The number of anilines is 1. The Bertz CT molecular complexity index is 932. The van der Waals surface area contributed by atoms with Gasteiger partial charge in [0.15, 0.2) is 0 Å². The fourth-order valence-electron chi connectivity index (χ4n) is 3.83. The number of hydrogen-bond acceptors (Lipinski definition) is 3. The molecule has 1 fully saturated rings. The largest absolute Gasteiger partial charge is 0.349 e. The highest BCUT2D eigenvalue weighted by atomic mass is 32.2. The molecular formula is C24H30N2O3S. The number of hydrogen-bond donors (Lipinski definition) is 1. The van der Waals surface area contributed by atoms with E-state index in [0.717, 1.165) is 25.7 Å². The zero-order chi connectivity index (χ0) is 21.4. The highest BCUT2D eigenvalue weighted by Crippen LogP contribution is 2.24. The maximum absolute atomic E-state index is 13.1. The lowest BCUT2D eigenvalue weighted by Crippen LogP contribution is -2.35. The normalized spacial score (nSPS) is 15.6. The molecule has 1 aliphatic carbocycles. The smallest absolute Gasteiger partial charge is 0.264 e. The van der Waals surface area contributed by atoms with Gasteiger partial charge in [0.05, 0.1) is 17.1 Å². The molecular weight excluding hydrogens is 396 g/mol. The molecule has 0 bridgehead atoms. The van der Waals surface area contributed by atoms with E-state index in [0.29, 0.717) is 11.3 Å². The van der Waals surface area contributed by atoms with Crippen molar-refractivity contribution in [1.82, 2.24) is 5.32 Å². The Morgan fingerprint density at radius 1 is 0.967 bits per heavy atom. The number of carbonyl (C=O) groups is 1. The molecule has 3 rings (SSSR count). The van der Waals surface area contributed by atoms with Crippen LogP contribution in [0.3, 0.4) is 0 Å². The van der Waals surface area contributed by atoms with Gasteiger partial charge in [-0.2, -0.15) is 0 Å². The minimum Gasteiger partial charge on any atom is -0.349 e. The van der Waals surface area contributed by atoms with Crippen LogP contribution in [0.1, 0.15) is 55.3 Å². The van der Waals surface area contributed by atoms with Crippen LogP contribution in [0.5, 0.6) is 0 Å². The van der Waals surface area contributed by atoms with Crippen molar-refractivity contribution in [2.24, 2.45) is 0 Å². The van der Waals surface area contributed by atoms with Gasteiger partial charge in [0.2, 0.25) is 0 Å². The summed E-state index contributed by atoms with van der Waals surface area (Å²) in [5.74, 6) is -0.103. The highest BCUT2D eigenvalue weighted by Gasteiger charge is 2.24. The maximum Gasteiger partial charge on any atom is 0.264 e. The molecule has 1 saturated carbocycles. The molecule has 0 aromatic heterocycles. The minimum atomic E-state index is -3.72. The van der Waals surface area contributed by atoms with E-state index in [2.05, 4.69) is 11.9 Å². The SMILES string of the molecule is C=CCN(c1ccc(C(=O)NC2CCCCCCC2)cc1)S(=O)(=O)c1ccccc1. The van der Waals surface area contributed by atoms with Gasteiger partial charge in [0.1, 0.15) is 0 Å². The molecule has 0 unspecified atom stereocenters.